The van der Waals surface area contributed by atoms with Crippen LogP contribution in [0.1, 0.15) is 24.3 Å². The fourth-order valence-electron chi connectivity index (χ4n) is 1.77. The highest BCUT2D eigenvalue weighted by molar-refractivity contribution is 7.13. The number of thiazole rings is 1. The third-order valence-electron chi connectivity index (χ3n) is 2.91. The number of hydrogen-bond donors (Lipinski definition) is 2. The monoisotopic (exact) mass is 308 g/mol. The zero-order chi connectivity index (χ0) is 15.6. The molecule has 0 aromatic carbocycles. The van der Waals surface area contributed by atoms with Crippen molar-refractivity contribution in [3.05, 3.63) is 23.5 Å². The van der Waals surface area contributed by atoms with Gasteiger partial charge in [0.2, 0.25) is 0 Å². The molecule has 2 aromatic rings. The van der Waals surface area contributed by atoms with Crippen molar-refractivity contribution in [2.45, 2.75) is 19.9 Å². The van der Waals surface area contributed by atoms with Gasteiger partial charge in [-0.3, -0.25) is 9.48 Å². The standard InChI is InChI=1S/C13H16N4O3S/c1-7(2)10(13(19)20)16-11(18)9-6-21-12(15-9)8-4-14-17(3)5-8/h4-7,10H,1-3H3,(H,16,18)(H,19,20). The molecule has 1 amide bonds. The van der Waals surface area contributed by atoms with E-state index >= 15 is 0 Å². The molecule has 2 aromatic heterocycles. The van der Waals surface area contributed by atoms with E-state index in [0.29, 0.717) is 5.01 Å². The second-order valence-corrected chi connectivity index (χ2v) is 5.83. The summed E-state index contributed by atoms with van der Waals surface area (Å²) >= 11 is 1.32. The number of carboxylic acid groups (broad SMARTS) is 1. The number of aromatic nitrogens is 3. The highest BCUT2D eigenvalue weighted by atomic mass is 32.1. The Labute approximate surface area is 125 Å². The topological polar surface area (TPSA) is 97.1 Å². The summed E-state index contributed by atoms with van der Waals surface area (Å²) in [6, 6.07) is -0.930. The van der Waals surface area contributed by atoms with Crippen molar-refractivity contribution >= 4 is 23.2 Å². The van der Waals surface area contributed by atoms with E-state index in [1.807, 2.05) is 0 Å². The van der Waals surface area contributed by atoms with Crippen molar-refractivity contribution in [2.24, 2.45) is 13.0 Å². The van der Waals surface area contributed by atoms with Crippen LogP contribution in [0.15, 0.2) is 17.8 Å². The van der Waals surface area contributed by atoms with Crippen molar-refractivity contribution in [3.8, 4) is 10.6 Å². The maximum atomic E-state index is 12.1. The van der Waals surface area contributed by atoms with Gasteiger partial charge in [-0.1, -0.05) is 13.8 Å². The van der Waals surface area contributed by atoms with E-state index in [0.717, 1.165) is 5.56 Å². The minimum absolute atomic E-state index is 0.206. The van der Waals surface area contributed by atoms with E-state index in [2.05, 4.69) is 15.4 Å². The molecule has 0 radical (unpaired) electrons. The fraction of sp³-hybridized carbons (Fsp3) is 0.385. The number of aryl methyl sites for hydroxylation is 1. The fourth-order valence-corrected chi connectivity index (χ4v) is 2.55. The molecule has 0 aliphatic heterocycles. The van der Waals surface area contributed by atoms with Gasteiger partial charge in [-0.15, -0.1) is 11.3 Å². The summed E-state index contributed by atoms with van der Waals surface area (Å²) in [5.41, 5.74) is 1.03. The summed E-state index contributed by atoms with van der Waals surface area (Å²) in [6.45, 7) is 3.47. The number of rotatable bonds is 5. The van der Waals surface area contributed by atoms with Gasteiger partial charge in [0.05, 0.1) is 6.20 Å². The van der Waals surface area contributed by atoms with Gasteiger partial charge in [0.25, 0.3) is 5.91 Å². The predicted octanol–water partition coefficient (Wildman–Crippen LogP) is 1.38. The Kier molecular flexibility index (Phi) is 4.37. The van der Waals surface area contributed by atoms with E-state index in [1.165, 1.54) is 11.3 Å². The molecular formula is C13H16N4O3S. The number of carbonyl (C=O) groups excluding carboxylic acids is 1. The lowest BCUT2D eigenvalue weighted by Crippen LogP contribution is -2.44. The minimum Gasteiger partial charge on any atom is -0.480 e. The van der Waals surface area contributed by atoms with Crippen LogP contribution in [-0.2, 0) is 11.8 Å². The Bertz CT molecular complexity index is 662. The van der Waals surface area contributed by atoms with Gasteiger partial charge < -0.3 is 10.4 Å². The average molecular weight is 308 g/mol. The Hall–Kier alpha value is -2.22. The lowest BCUT2D eigenvalue weighted by atomic mass is 10.0. The van der Waals surface area contributed by atoms with E-state index in [4.69, 9.17) is 5.11 Å². The number of nitrogens with zero attached hydrogens (tertiary/aromatic N) is 3. The summed E-state index contributed by atoms with van der Waals surface area (Å²) < 4.78 is 1.65. The summed E-state index contributed by atoms with van der Waals surface area (Å²) in [5, 5.41) is 17.9. The number of carboxylic acids is 1. The quantitative estimate of drug-likeness (QED) is 0.870. The Balaban J connectivity index is 2.14. The maximum Gasteiger partial charge on any atom is 0.326 e. The first-order valence-corrected chi connectivity index (χ1v) is 7.24. The third kappa shape index (κ3) is 3.46. The smallest absolute Gasteiger partial charge is 0.326 e. The molecule has 0 saturated carbocycles. The summed E-state index contributed by atoms with van der Waals surface area (Å²) in [7, 11) is 1.80. The molecular weight excluding hydrogens is 292 g/mol. The largest absolute Gasteiger partial charge is 0.480 e. The molecule has 0 aliphatic rings. The summed E-state index contributed by atoms with van der Waals surface area (Å²) in [6.07, 6.45) is 3.46. The van der Waals surface area contributed by atoms with Gasteiger partial charge in [0.15, 0.2) is 0 Å². The molecule has 0 aliphatic carbocycles. The highest BCUT2D eigenvalue weighted by Gasteiger charge is 2.25. The van der Waals surface area contributed by atoms with E-state index in [9.17, 15) is 9.59 Å². The zero-order valence-corrected chi connectivity index (χ0v) is 12.7. The van der Waals surface area contributed by atoms with Crippen molar-refractivity contribution in [2.75, 3.05) is 0 Å². The van der Waals surface area contributed by atoms with Gasteiger partial charge in [-0.05, 0) is 5.92 Å². The predicted molar refractivity (Wildman–Crippen MR) is 78.0 cm³/mol. The van der Waals surface area contributed by atoms with Crippen LogP contribution in [0.4, 0.5) is 0 Å². The first-order chi connectivity index (χ1) is 9.88. The number of aliphatic carboxylic acids is 1. The molecule has 7 nitrogen and oxygen atoms in total. The van der Waals surface area contributed by atoms with Gasteiger partial charge in [-0.25, -0.2) is 9.78 Å². The Morgan fingerprint density at radius 2 is 2.14 bits per heavy atom. The second-order valence-electron chi connectivity index (χ2n) is 4.97. The molecule has 8 heteroatoms. The number of hydrogen-bond acceptors (Lipinski definition) is 5. The first-order valence-electron chi connectivity index (χ1n) is 6.36. The van der Waals surface area contributed by atoms with Crippen molar-refractivity contribution in [3.63, 3.8) is 0 Å². The van der Waals surface area contributed by atoms with Crippen molar-refractivity contribution in [1.29, 1.82) is 0 Å². The van der Waals surface area contributed by atoms with Gasteiger partial charge in [0.1, 0.15) is 16.7 Å². The number of amides is 1. The van der Waals surface area contributed by atoms with Crippen LogP contribution in [0.5, 0.6) is 0 Å². The van der Waals surface area contributed by atoms with Crippen LogP contribution in [0, 0.1) is 5.92 Å². The number of carbonyl (C=O) groups is 2. The van der Waals surface area contributed by atoms with Crippen LogP contribution in [0.25, 0.3) is 10.6 Å². The minimum atomic E-state index is -1.05. The van der Waals surface area contributed by atoms with Gasteiger partial charge in [0, 0.05) is 24.2 Å². The number of nitrogens with one attached hydrogen (secondary N) is 1. The van der Waals surface area contributed by atoms with Crippen LogP contribution in [0.3, 0.4) is 0 Å². The molecule has 2 heterocycles. The SMILES string of the molecule is CC(C)C(NC(=O)c1csc(-c2cnn(C)c2)n1)C(=O)O. The molecule has 0 spiro atoms. The normalized spacial score (nSPS) is 12.4. The van der Waals surface area contributed by atoms with Crippen LogP contribution < -0.4 is 5.32 Å². The second kappa shape index (κ2) is 6.04. The molecule has 2 rings (SSSR count). The lowest BCUT2D eigenvalue weighted by molar-refractivity contribution is -0.140. The molecule has 1 unspecified atom stereocenters. The molecule has 2 N–H and O–H groups in total. The first kappa shape index (κ1) is 15.2. The van der Waals surface area contributed by atoms with Crippen molar-refractivity contribution in [1.82, 2.24) is 20.1 Å². The Morgan fingerprint density at radius 1 is 1.43 bits per heavy atom. The molecule has 0 bridgehead atoms. The molecule has 0 fully saturated rings. The molecule has 0 saturated heterocycles. The lowest BCUT2D eigenvalue weighted by Gasteiger charge is -2.16. The van der Waals surface area contributed by atoms with Crippen LogP contribution in [0.2, 0.25) is 0 Å². The molecule has 112 valence electrons. The Morgan fingerprint density at radius 3 is 2.67 bits per heavy atom. The zero-order valence-electron chi connectivity index (χ0n) is 11.9. The summed E-state index contributed by atoms with van der Waals surface area (Å²) in [5.74, 6) is -1.74. The van der Waals surface area contributed by atoms with Crippen LogP contribution >= 0.6 is 11.3 Å². The third-order valence-corrected chi connectivity index (χ3v) is 3.80. The van der Waals surface area contributed by atoms with Crippen LogP contribution in [-0.4, -0.2) is 37.8 Å². The highest BCUT2D eigenvalue weighted by Crippen LogP contribution is 2.23. The van der Waals surface area contributed by atoms with E-state index < -0.39 is 17.9 Å². The maximum absolute atomic E-state index is 12.1. The van der Waals surface area contributed by atoms with Gasteiger partial charge in [-0.2, -0.15) is 5.10 Å². The summed E-state index contributed by atoms with van der Waals surface area (Å²) in [4.78, 5) is 27.4. The van der Waals surface area contributed by atoms with Crippen molar-refractivity contribution < 1.29 is 14.7 Å². The van der Waals surface area contributed by atoms with E-state index in [1.54, 1.807) is 43.4 Å². The molecule has 21 heavy (non-hydrogen) atoms. The van der Waals surface area contributed by atoms with Gasteiger partial charge >= 0.3 is 5.97 Å². The average Bonchev–Trinajstić information content (AvgIpc) is 3.03. The molecule has 1 atom stereocenters. The van der Waals surface area contributed by atoms with E-state index in [-0.39, 0.29) is 11.6 Å².